The second-order valence-corrected chi connectivity index (χ2v) is 12.5. The number of nitrogens with zero attached hydrogens (tertiary/aromatic N) is 1. The van der Waals surface area contributed by atoms with Crippen molar-refractivity contribution in [3.63, 3.8) is 0 Å². The van der Waals surface area contributed by atoms with Gasteiger partial charge in [-0.2, -0.15) is 0 Å². The van der Waals surface area contributed by atoms with Gasteiger partial charge in [0.25, 0.3) is 0 Å². The SMILES string of the molecule is CCOCC1(O)CCC2C(CCC3C2CCC2(C)C(C(=O)CN4NNc5ccccc54)CCC32)C1. The molecule has 5 aliphatic rings. The van der Waals surface area contributed by atoms with Crippen molar-refractivity contribution in [1.29, 1.82) is 0 Å². The Morgan fingerprint density at radius 1 is 1.09 bits per heavy atom. The van der Waals surface area contributed by atoms with Gasteiger partial charge in [-0.25, -0.2) is 0 Å². The fraction of sp³-hybridized carbons (Fsp3) is 0.759. The number of hydrazine groups is 2. The molecule has 1 heterocycles. The van der Waals surface area contributed by atoms with Crippen LogP contribution < -0.4 is 16.0 Å². The lowest BCUT2D eigenvalue weighted by Crippen LogP contribution is -2.53. The number of ether oxygens (including phenoxy) is 1. The number of hydrogen-bond donors (Lipinski definition) is 3. The zero-order valence-electron chi connectivity index (χ0n) is 21.5. The molecule has 3 N–H and O–H groups in total. The molecule has 0 saturated heterocycles. The second-order valence-electron chi connectivity index (χ2n) is 12.5. The number of anilines is 2. The van der Waals surface area contributed by atoms with Crippen molar-refractivity contribution in [2.75, 3.05) is 30.2 Å². The molecule has 0 radical (unpaired) electrons. The topological polar surface area (TPSA) is 73.8 Å². The van der Waals surface area contributed by atoms with E-state index in [0.29, 0.717) is 37.4 Å². The average molecular weight is 482 g/mol. The third kappa shape index (κ3) is 4.00. The number of rotatable bonds is 6. The first kappa shape index (κ1) is 23.7. The number of para-hydroxylation sites is 2. The van der Waals surface area contributed by atoms with Gasteiger partial charge in [-0.15, -0.1) is 5.53 Å². The van der Waals surface area contributed by atoms with Crippen molar-refractivity contribution in [2.24, 2.45) is 40.9 Å². The number of carbonyl (C=O) groups is 1. The number of hydrogen-bond acceptors (Lipinski definition) is 6. The van der Waals surface area contributed by atoms with Crippen LogP contribution in [0.25, 0.3) is 0 Å². The number of aliphatic hydroxyl groups is 1. The van der Waals surface area contributed by atoms with E-state index in [0.717, 1.165) is 54.8 Å². The van der Waals surface area contributed by atoms with E-state index in [-0.39, 0.29) is 11.3 Å². The van der Waals surface area contributed by atoms with Crippen LogP contribution in [0.2, 0.25) is 0 Å². The molecule has 1 aliphatic heterocycles. The average Bonchev–Trinajstić information content (AvgIpc) is 3.43. The fourth-order valence-corrected chi connectivity index (χ4v) is 9.31. The van der Waals surface area contributed by atoms with Gasteiger partial charge in [-0.05, 0) is 112 Å². The molecule has 0 aromatic heterocycles. The van der Waals surface area contributed by atoms with Gasteiger partial charge >= 0.3 is 0 Å². The van der Waals surface area contributed by atoms with Crippen LogP contribution in [0.5, 0.6) is 0 Å². The molecular weight excluding hydrogens is 438 g/mol. The highest BCUT2D eigenvalue weighted by molar-refractivity contribution is 5.88. The van der Waals surface area contributed by atoms with E-state index in [1.165, 1.54) is 32.1 Å². The molecule has 4 aliphatic carbocycles. The Hall–Kier alpha value is -1.63. The maximum atomic E-state index is 13.7. The lowest BCUT2D eigenvalue weighted by Gasteiger charge is -2.57. The van der Waals surface area contributed by atoms with Crippen LogP contribution in [0, 0.1) is 40.9 Å². The van der Waals surface area contributed by atoms with Crippen molar-refractivity contribution >= 4 is 17.2 Å². The standard InChI is InChI=1S/C29H43N3O3/c1-3-35-18-29(34)15-13-20-19(16-29)8-9-22-21(20)12-14-28(2)23(22)10-11-24(28)27(33)17-32-26-7-5-4-6-25(26)30-31-32/h4-7,19-24,30-31,34H,3,8-18H2,1-2H3. The normalized spacial score (nSPS) is 42.0. The molecule has 1 aromatic carbocycles. The van der Waals surface area contributed by atoms with Crippen molar-refractivity contribution in [3.8, 4) is 0 Å². The summed E-state index contributed by atoms with van der Waals surface area (Å²) < 4.78 is 5.64. The van der Waals surface area contributed by atoms with Crippen LogP contribution in [0.4, 0.5) is 11.4 Å². The molecule has 0 amide bonds. The summed E-state index contributed by atoms with van der Waals surface area (Å²) in [6, 6.07) is 8.15. The highest BCUT2D eigenvalue weighted by atomic mass is 16.5. The van der Waals surface area contributed by atoms with Crippen molar-refractivity contribution in [2.45, 2.75) is 77.2 Å². The van der Waals surface area contributed by atoms with E-state index in [2.05, 4.69) is 24.0 Å². The van der Waals surface area contributed by atoms with Gasteiger partial charge in [0, 0.05) is 12.5 Å². The summed E-state index contributed by atoms with van der Waals surface area (Å²) in [5, 5.41) is 13.1. The molecule has 192 valence electrons. The van der Waals surface area contributed by atoms with E-state index in [1.54, 1.807) is 0 Å². The Bertz CT molecular complexity index is 955. The zero-order chi connectivity index (χ0) is 24.2. The lowest BCUT2D eigenvalue weighted by molar-refractivity contribution is -0.136. The summed E-state index contributed by atoms with van der Waals surface area (Å²) in [6.45, 7) is 6.06. The van der Waals surface area contributed by atoms with Crippen LogP contribution >= 0.6 is 0 Å². The van der Waals surface area contributed by atoms with Gasteiger partial charge in [0.05, 0.1) is 30.1 Å². The summed E-state index contributed by atoms with van der Waals surface area (Å²) in [4.78, 5) is 13.7. The minimum Gasteiger partial charge on any atom is -0.387 e. The Balaban J connectivity index is 1.13. The number of Topliss-reactive ketones (excluding diaryl/α,β-unsaturated/α-hetero) is 1. The zero-order valence-corrected chi connectivity index (χ0v) is 21.5. The molecule has 0 spiro atoms. The van der Waals surface area contributed by atoms with E-state index < -0.39 is 5.60 Å². The molecule has 1 aromatic rings. The van der Waals surface area contributed by atoms with E-state index >= 15 is 0 Å². The summed E-state index contributed by atoms with van der Waals surface area (Å²) in [6.07, 6.45) is 10.2. The molecule has 6 nitrogen and oxygen atoms in total. The summed E-state index contributed by atoms with van der Waals surface area (Å²) >= 11 is 0. The maximum Gasteiger partial charge on any atom is 0.157 e. The first-order valence-electron chi connectivity index (χ1n) is 14.1. The first-order valence-corrected chi connectivity index (χ1v) is 14.1. The van der Waals surface area contributed by atoms with Gasteiger partial charge in [-0.3, -0.25) is 9.80 Å². The third-order valence-electron chi connectivity index (χ3n) is 10.9. The monoisotopic (exact) mass is 481 g/mol. The van der Waals surface area contributed by atoms with Gasteiger partial charge in [-0.1, -0.05) is 19.1 Å². The number of ketones is 1. The summed E-state index contributed by atoms with van der Waals surface area (Å²) in [5.74, 6) is 4.19. The molecule has 8 unspecified atom stereocenters. The number of carbonyl (C=O) groups excluding carboxylic acids is 1. The smallest absolute Gasteiger partial charge is 0.157 e. The third-order valence-corrected chi connectivity index (χ3v) is 10.9. The van der Waals surface area contributed by atoms with Crippen LogP contribution in [0.15, 0.2) is 24.3 Å². The number of fused-ring (bicyclic) bond motifs is 6. The molecule has 8 atom stereocenters. The Morgan fingerprint density at radius 3 is 2.77 bits per heavy atom. The minimum atomic E-state index is -0.616. The molecule has 6 heteroatoms. The second kappa shape index (κ2) is 9.04. The molecular formula is C29H43N3O3. The Morgan fingerprint density at radius 2 is 1.91 bits per heavy atom. The van der Waals surface area contributed by atoms with Gasteiger partial charge in [0.2, 0.25) is 0 Å². The highest BCUT2D eigenvalue weighted by Crippen LogP contribution is 2.64. The first-order chi connectivity index (χ1) is 16.9. The van der Waals surface area contributed by atoms with Gasteiger partial charge in [0.1, 0.15) is 0 Å². The summed E-state index contributed by atoms with van der Waals surface area (Å²) in [5.41, 5.74) is 8.00. The lowest BCUT2D eigenvalue weighted by atomic mass is 9.49. The molecule has 6 rings (SSSR count). The van der Waals surface area contributed by atoms with Crippen LogP contribution in [0.3, 0.4) is 0 Å². The van der Waals surface area contributed by atoms with Crippen molar-refractivity contribution < 1.29 is 14.6 Å². The molecule has 4 fully saturated rings. The Kier molecular flexibility index (Phi) is 6.13. The minimum absolute atomic E-state index is 0.141. The maximum absolute atomic E-state index is 13.7. The van der Waals surface area contributed by atoms with Crippen LogP contribution in [-0.2, 0) is 9.53 Å². The molecule has 4 saturated carbocycles. The fourth-order valence-electron chi connectivity index (χ4n) is 9.31. The van der Waals surface area contributed by atoms with Crippen LogP contribution in [-0.4, -0.2) is 36.2 Å². The summed E-state index contributed by atoms with van der Waals surface area (Å²) in [7, 11) is 0. The van der Waals surface area contributed by atoms with Crippen molar-refractivity contribution in [1.82, 2.24) is 5.53 Å². The highest BCUT2D eigenvalue weighted by Gasteiger charge is 2.59. The van der Waals surface area contributed by atoms with E-state index in [1.807, 2.05) is 30.1 Å². The predicted molar refractivity (Wildman–Crippen MR) is 138 cm³/mol. The quantitative estimate of drug-likeness (QED) is 0.534. The van der Waals surface area contributed by atoms with E-state index in [9.17, 15) is 9.90 Å². The Labute approximate surface area is 210 Å². The van der Waals surface area contributed by atoms with Gasteiger partial charge in [0.15, 0.2) is 5.78 Å². The molecule has 35 heavy (non-hydrogen) atoms. The largest absolute Gasteiger partial charge is 0.387 e. The predicted octanol–water partition coefficient (Wildman–Crippen LogP) is 4.94. The van der Waals surface area contributed by atoms with Crippen molar-refractivity contribution in [3.05, 3.63) is 24.3 Å². The van der Waals surface area contributed by atoms with E-state index in [4.69, 9.17) is 4.74 Å². The number of benzene rings is 1. The molecule has 0 bridgehead atoms. The van der Waals surface area contributed by atoms with Gasteiger partial charge < -0.3 is 15.3 Å². The van der Waals surface area contributed by atoms with Crippen LogP contribution in [0.1, 0.15) is 71.6 Å². The number of nitrogens with one attached hydrogen (secondary N) is 2.